The summed E-state index contributed by atoms with van der Waals surface area (Å²) >= 11 is 0. The number of benzene rings is 1. The maximum atomic E-state index is 13.0. The van der Waals surface area contributed by atoms with Crippen LogP contribution in [0.25, 0.3) is 0 Å². The second-order valence-electron chi connectivity index (χ2n) is 4.09. The third kappa shape index (κ3) is 2.30. The average molecular weight is 219 g/mol. The highest BCUT2D eigenvalue weighted by Crippen LogP contribution is 2.22. The Morgan fingerprint density at radius 3 is 2.81 bits per heavy atom. The van der Waals surface area contributed by atoms with E-state index in [9.17, 15) is 9.18 Å². The Hall–Kier alpha value is -1.64. The number of halogens is 1. The van der Waals surface area contributed by atoms with Crippen molar-refractivity contribution in [2.75, 3.05) is 0 Å². The highest BCUT2D eigenvalue weighted by molar-refractivity contribution is 5.97. The summed E-state index contributed by atoms with van der Waals surface area (Å²) in [7, 11) is 0. The number of hydrogen-bond donors (Lipinski definition) is 1. The molecule has 84 valence electrons. The van der Waals surface area contributed by atoms with Crippen LogP contribution in [0, 0.1) is 5.82 Å². The molecule has 1 aliphatic rings. The number of nitrogens with two attached hydrogens (primary N) is 1. The van der Waals surface area contributed by atoms with Crippen LogP contribution in [0.1, 0.15) is 24.8 Å². The van der Waals surface area contributed by atoms with E-state index in [4.69, 9.17) is 5.73 Å². The molecule has 0 radical (unpaired) electrons. The lowest BCUT2D eigenvalue weighted by Gasteiger charge is -2.16. The number of Topliss-reactive ketones (excluding diaryl/α,β-unsaturated/α-hetero) is 1. The van der Waals surface area contributed by atoms with Gasteiger partial charge in [-0.2, -0.15) is 0 Å². The highest BCUT2D eigenvalue weighted by Gasteiger charge is 2.18. The van der Waals surface area contributed by atoms with Crippen LogP contribution in [0.3, 0.4) is 0 Å². The molecule has 2 rings (SSSR count). The van der Waals surface area contributed by atoms with Crippen molar-refractivity contribution in [1.29, 1.82) is 0 Å². The molecule has 0 saturated carbocycles. The van der Waals surface area contributed by atoms with Crippen molar-refractivity contribution in [3.63, 3.8) is 0 Å². The zero-order valence-electron chi connectivity index (χ0n) is 9.00. The second-order valence-corrected chi connectivity index (χ2v) is 4.09. The molecule has 0 spiro atoms. The minimum Gasteiger partial charge on any atom is -0.402 e. The average Bonchev–Trinajstić information content (AvgIpc) is 2.24. The Labute approximate surface area is 94.0 Å². The first-order chi connectivity index (χ1) is 7.66. The van der Waals surface area contributed by atoms with Crippen LogP contribution in [0.2, 0.25) is 0 Å². The van der Waals surface area contributed by atoms with Crippen LogP contribution in [0.15, 0.2) is 35.5 Å². The standard InChI is InChI=1S/C13H14FNO/c14-10-4-1-3-9(7-10)8-11-12(15)5-2-6-13(11)16/h1,3-4,7H,2,5-6,8,15H2. The largest absolute Gasteiger partial charge is 0.402 e. The van der Waals surface area contributed by atoms with Gasteiger partial charge in [-0.05, 0) is 30.5 Å². The Kier molecular flexibility index (Phi) is 3.04. The van der Waals surface area contributed by atoms with E-state index in [-0.39, 0.29) is 11.6 Å². The van der Waals surface area contributed by atoms with Gasteiger partial charge in [-0.15, -0.1) is 0 Å². The lowest BCUT2D eigenvalue weighted by Crippen LogP contribution is -2.18. The first-order valence-corrected chi connectivity index (χ1v) is 5.42. The normalized spacial score (nSPS) is 16.7. The molecule has 2 N–H and O–H groups in total. The zero-order chi connectivity index (χ0) is 11.5. The van der Waals surface area contributed by atoms with Crippen LogP contribution in [-0.2, 0) is 11.2 Å². The zero-order valence-corrected chi connectivity index (χ0v) is 9.00. The molecule has 0 unspecified atom stereocenters. The fraction of sp³-hybridized carbons (Fsp3) is 0.308. The number of allylic oxidation sites excluding steroid dienone is 2. The van der Waals surface area contributed by atoms with E-state index in [1.165, 1.54) is 12.1 Å². The van der Waals surface area contributed by atoms with Gasteiger partial charge in [0.15, 0.2) is 5.78 Å². The van der Waals surface area contributed by atoms with Gasteiger partial charge in [-0.3, -0.25) is 4.79 Å². The van der Waals surface area contributed by atoms with Gasteiger partial charge in [-0.1, -0.05) is 12.1 Å². The minimum atomic E-state index is -0.278. The summed E-state index contributed by atoms with van der Waals surface area (Å²) in [4.78, 5) is 11.7. The van der Waals surface area contributed by atoms with Gasteiger partial charge in [0.1, 0.15) is 5.82 Å². The number of ketones is 1. The van der Waals surface area contributed by atoms with Gasteiger partial charge in [0.05, 0.1) is 0 Å². The van der Waals surface area contributed by atoms with Crippen molar-refractivity contribution >= 4 is 5.78 Å². The quantitative estimate of drug-likeness (QED) is 0.829. The van der Waals surface area contributed by atoms with Gasteiger partial charge in [0, 0.05) is 24.1 Å². The third-order valence-electron chi connectivity index (χ3n) is 2.84. The molecule has 0 bridgehead atoms. The molecule has 0 atom stereocenters. The minimum absolute atomic E-state index is 0.105. The second kappa shape index (κ2) is 4.47. The SMILES string of the molecule is NC1=C(Cc2cccc(F)c2)C(=O)CCC1. The van der Waals surface area contributed by atoms with E-state index < -0.39 is 0 Å². The molecule has 1 aromatic carbocycles. The number of hydrogen-bond acceptors (Lipinski definition) is 2. The molecule has 1 aromatic rings. The smallest absolute Gasteiger partial charge is 0.160 e. The van der Waals surface area contributed by atoms with Gasteiger partial charge in [0.25, 0.3) is 0 Å². The van der Waals surface area contributed by atoms with Crippen molar-refractivity contribution in [2.24, 2.45) is 5.73 Å². The van der Waals surface area contributed by atoms with Crippen LogP contribution in [-0.4, -0.2) is 5.78 Å². The molecule has 16 heavy (non-hydrogen) atoms. The summed E-state index contributed by atoms with van der Waals surface area (Å²) in [6.45, 7) is 0. The first-order valence-electron chi connectivity index (χ1n) is 5.42. The van der Waals surface area contributed by atoms with Crippen molar-refractivity contribution in [3.05, 3.63) is 46.9 Å². The van der Waals surface area contributed by atoms with Gasteiger partial charge < -0.3 is 5.73 Å². The van der Waals surface area contributed by atoms with E-state index in [1.807, 2.05) is 6.07 Å². The van der Waals surface area contributed by atoms with Crippen LogP contribution in [0.5, 0.6) is 0 Å². The number of rotatable bonds is 2. The molecule has 0 amide bonds. The Bertz CT molecular complexity index is 451. The molecule has 0 fully saturated rings. The summed E-state index contributed by atoms with van der Waals surface area (Å²) in [6.07, 6.45) is 2.61. The van der Waals surface area contributed by atoms with Gasteiger partial charge in [0.2, 0.25) is 0 Å². The third-order valence-corrected chi connectivity index (χ3v) is 2.84. The van der Waals surface area contributed by atoms with Crippen LogP contribution < -0.4 is 5.73 Å². The molecule has 0 heterocycles. The molecule has 0 aromatic heterocycles. The molecule has 2 nitrogen and oxygen atoms in total. The van der Waals surface area contributed by atoms with Gasteiger partial charge >= 0.3 is 0 Å². The molecular formula is C13H14FNO. The molecule has 3 heteroatoms. The predicted octanol–water partition coefficient (Wildman–Crippen LogP) is 2.33. The predicted molar refractivity (Wildman–Crippen MR) is 60.2 cm³/mol. The van der Waals surface area contributed by atoms with Crippen LogP contribution in [0.4, 0.5) is 4.39 Å². The Morgan fingerprint density at radius 2 is 2.12 bits per heavy atom. The summed E-state index contributed by atoms with van der Waals surface area (Å²) < 4.78 is 13.0. The lowest BCUT2D eigenvalue weighted by atomic mass is 9.91. The van der Waals surface area contributed by atoms with Crippen molar-refractivity contribution in [3.8, 4) is 0 Å². The van der Waals surface area contributed by atoms with E-state index >= 15 is 0 Å². The summed E-state index contributed by atoms with van der Waals surface area (Å²) in [6, 6.07) is 6.30. The van der Waals surface area contributed by atoms with E-state index in [1.54, 1.807) is 6.07 Å². The van der Waals surface area contributed by atoms with Crippen molar-refractivity contribution in [1.82, 2.24) is 0 Å². The van der Waals surface area contributed by atoms with Crippen LogP contribution >= 0.6 is 0 Å². The molecular weight excluding hydrogens is 205 g/mol. The molecule has 0 saturated heterocycles. The monoisotopic (exact) mass is 219 g/mol. The van der Waals surface area contributed by atoms with E-state index in [2.05, 4.69) is 0 Å². The topological polar surface area (TPSA) is 43.1 Å². The number of carbonyl (C=O) groups is 1. The summed E-state index contributed by atoms with van der Waals surface area (Å²) in [5.41, 5.74) is 7.95. The molecule has 1 aliphatic carbocycles. The maximum Gasteiger partial charge on any atom is 0.160 e. The maximum absolute atomic E-state index is 13.0. The Morgan fingerprint density at radius 1 is 1.31 bits per heavy atom. The van der Waals surface area contributed by atoms with Gasteiger partial charge in [-0.25, -0.2) is 4.39 Å². The molecule has 0 aliphatic heterocycles. The highest BCUT2D eigenvalue weighted by atomic mass is 19.1. The Balaban J connectivity index is 2.23. The van der Waals surface area contributed by atoms with Crippen molar-refractivity contribution < 1.29 is 9.18 Å². The fourth-order valence-corrected chi connectivity index (χ4v) is 1.98. The van der Waals surface area contributed by atoms with Crippen molar-refractivity contribution in [2.45, 2.75) is 25.7 Å². The first kappa shape index (κ1) is 10.9. The summed E-state index contributed by atoms with van der Waals surface area (Å²) in [5.74, 6) is -0.173. The summed E-state index contributed by atoms with van der Waals surface area (Å²) in [5, 5.41) is 0. The number of carbonyl (C=O) groups excluding carboxylic acids is 1. The lowest BCUT2D eigenvalue weighted by molar-refractivity contribution is -0.116. The van der Waals surface area contributed by atoms with E-state index in [0.29, 0.717) is 24.1 Å². The fourth-order valence-electron chi connectivity index (χ4n) is 1.98. The van der Waals surface area contributed by atoms with E-state index in [0.717, 1.165) is 18.4 Å².